The molecule has 1 heterocycles. The highest BCUT2D eigenvalue weighted by molar-refractivity contribution is 5.79. The van der Waals surface area contributed by atoms with E-state index in [0.717, 1.165) is 62.8 Å². The largest absolute Gasteiger partial charge is 0.371 e. The first kappa shape index (κ1) is 28.9. The highest BCUT2D eigenvalue weighted by Crippen LogP contribution is 2.65. The number of Topliss-reactive ketones (excluding diaryl/α,β-unsaturated/α-hetero) is 1. The molecule has 0 N–H and O–H groups in total. The third kappa shape index (κ3) is 4.75. The van der Waals surface area contributed by atoms with Crippen molar-refractivity contribution in [1.82, 2.24) is 4.90 Å². The van der Waals surface area contributed by atoms with E-state index < -0.39 is 0 Å². The van der Waals surface area contributed by atoms with E-state index in [1.165, 1.54) is 44.9 Å². The average Bonchev–Trinajstić information content (AvgIpc) is 3.37. The van der Waals surface area contributed by atoms with Gasteiger partial charge >= 0.3 is 0 Å². The predicted octanol–water partition coefficient (Wildman–Crippen LogP) is 7.99. The van der Waals surface area contributed by atoms with Gasteiger partial charge in [0.2, 0.25) is 5.91 Å². The standard InChI is InChI=1S/C36H57NO3/c1-7-8-33(39)37(6)16-13-25-17-22(2)18-32-34(25)24(4)36(40-32)15-12-28-29-10-9-26-19-27(38)11-14-35(26,5)31(29)20-30(28)23(3)21-36/h22,24-26,28-29,31-32,34H,7-21H2,1-6H3/t22-,24-,25?,26-,28+,29+,31+,32-,34-,35+,36+/m1/s1. The van der Waals surface area contributed by atoms with Crippen molar-refractivity contribution in [3.63, 3.8) is 0 Å². The van der Waals surface area contributed by atoms with E-state index in [2.05, 4.69) is 34.6 Å². The van der Waals surface area contributed by atoms with Crippen LogP contribution >= 0.6 is 0 Å². The number of ketones is 1. The molecule has 6 rings (SSSR count). The quantitative estimate of drug-likeness (QED) is 0.325. The number of carbonyl (C=O) groups is 2. The molecule has 4 heteroatoms. The van der Waals surface area contributed by atoms with Gasteiger partial charge in [0.1, 0.15) is 5.78 Å². The van der Waals surface area contributed by atoms with Crippen molar-refractivity contribution in [2.75, 3.05) is 13.6 Å². The average molecular weight is 552 g/mol. The van der Waals surface area contributed by atoms with Crippen LogP contribution < -0.4 is 0 Å². The van der Waals surface area contributed by atoms with Crippen LogP contribution in [0.2, 0.25) is 0 Å². The fourth-order valence-corrected chi connectivity index (χ4v) is 11.6. The molecule has 5 aliphatic carbocycles. The maximum absolute atomic E-state index is 12.5. The van der Waals surface area contributed by atoms with Crippen LogP contribution in [-0.4, -0.2) is 41.9 Å². The van der Waals surface area contributed by atoms with Crippen molar-refractivity contribution < 1.29 is 14.3 Å². The lowest BCUT2D eigenvalue weighted by atomic mass is 9.52. The topological polar surface area (TPSA) is 46.6 Å². The van der Waals surface area contributed by atoms with Crippen LogP contribution in [0.3, 0.4) is 0 Å². The van der Waals surface area contributed by atoms with Crippen LogP contribution in [0, 0.1) is 52.8 Å². The fraction of sp³-hybridized carbons (Fsp3) is 0.889. The molecule has 6 aliphatic rings. The summed E-state index contributed by atoms with van der Waals surface area (Å²) in [5.41, 5.74) is 3.83. The maximum atomic E-state index is 12.5. The Morgan fingerprint density at radius 1 is 1.10 bits per heavy atom. The van der Waals surface area contributed by atoms with Crippen molar-refractivity contribution in [3.05, 3.63) is 11.1 Å². The minimum atomic E-state index is -0.00312. The van der Waals surface area contributed by atoms with Crippen molar-refractivity contribution in [1.29, 1.82) is 0 Å². The summed E-state index contributed by atoms with van der Waals surface area (Å²) in [6, 6.07) is 0. The second kappa shape index (κ2) is 10.8. The molecule has 1 spiro atoms. The molecule has 5 fully saturated rings. The van der Waals surface area contributed by atoms with Gasteiger partial charge in [0.05, 0.1) is 11.7 Å². The van der Waals surface area contributed by atoms with E-state index in [4.69, 9.17) is 4.74 Å². The number of ether oxygens (including phenoxy) is 1. The zero-order valence-electron chi connectivity index (χ0n) is 26.5. The highest BCUT2D eigenvalue weighted by atomic mass is 16.5. The van der Waals surface area contributed by atoms with E-state index in [-0.39, 0.29) is 5.60 Å². The van der Waals surface area contributed by atoms with Gasteiger partial charge < -0.3 is 9.64 Å². The normalized spacial score (nSPS) is 46.5. The summed E-state index contributed by atoms with van der Waals surface area (Å²) in [6.07, 6.45) is 15.9. The molecule has 1 saturated heterocycles. The Labute approximate surface area is 244 Å². The molecule has 0 aromatic rings. The number of amides is 1. The lowest BCUT2D eigenvalue weighted by Gasteiger charge is -2.52. The first-order valence-corrected chi connectivity index (χ1v) is 17.2. The van der Waals surface area contributed by atoms with Crippen molar-refractivity contribution >= 4 is 11.7 Å². The van der Waals surface area contributed by atoms with Crippen LogP contribution in [-0.2, 0) is 14.3 Å². The molecule has 224 valence electrons. The van der Waals surface area contributed by atoms with E-state index in [9.17, 15) is 9.59 Å². The summed E-state index contributed by atoms with van der Waals surface area (Å²) < 4.78 is 7.32. The summed E-state index contributed by atoms with van der Waals surface area (Å²) in [6.45, 7) is 13.0. The summed E-state index contributed by atoms with van der Waals surface area (Å²) in [5, 5.41) is 0. The third-order valence-electron chi connectivity index (χ3n) is 13.8. The van der Waals surface area contributed by atoms with Crippen LogP contribution in [0.1, 0.15) is 125 Å². The summed E-state index contributed by atoms with van der Waals surface area (Å²) >= 11 is 0. The number of fused-ring (bicyclic) bond motifs is 6. The number of hydrogen-bond donors (Lipinski definition) is 0. The van der Waals surface area contributed by atoms with E-state index in [0.29, 0.717) is 59.2 Å². The van der Waals surface area contributed by atoms with Gasteiger partial charge in [-0.1, -0.05) is 38.8 Å². The molecule has 4 nitrogen and oxygen atoms in total. The Hall–Kier alpha value is -1.16. The van der Waals surface area contributed by atoms with Crippen molar-refractivity contribution in [2.45, 2.75) is 136 Å². The molecule has 1 unspecified atom stereocenters. The van der Waals surface area contributed by atoms with Gasteiger partial charge in [-0.25, -0.2) is 0 Å². The Balaban J connectivity index is 1.20. The highest BCUT2D eigenvalue weighted by Gasteiger charge is 2.60. The van der Waals surface area contributed by atoms with E-state index >= 15 is 0 Å². The number of allylic oxidation sites excluding steroid dienone is 1. The van der Waals surface area contributed by atoms with Gasteiger partial charge in [0, 0.05) is 32.9 Å². The fourth-order valence-electron chi connectivity index (χ4n) is 11.6. The molecule has 40 heavy (non-hydrogen) atoms. The Kier molecular flexibility index (Phi) is 7.84. The minimum absolute atomic E-state index is 0.00312. The van der Waals surface area contributed by atoms with Gasteiger partial charge in [0.25, 0.3) is 0 Å². The molecule has 1 aliphatic heterocycles. The molecule has 1 amide bonds. The number of hydrogen-bond acceptors (Lipinski definition) is 3. The summed E-state index contributed by atoms with van der Waals surface area (Å²) in [7, 11) is 2.00. The Bertz CT molecular complexity index is 1030. The Morgan fingerprint density at radius 3 is 2.67 bits per heavy atom. The lowest BCUT2D eigenvalue weighted by Crippen LogP contribution is -2.46. The van der Waals surface area contributed by atoms with Crippen LogP contribution in [0.5, 0.6) is 0 Å². The maximum Gasteiger partial charge on any atom is 0.222 e. The zero-order chi connectivity index (χ0) is 28.4. The second-order valence-electron chi connectivity index (χ2n) is 15.9. The minimum Gasteiger partial charge on any atom is -0.371 e. The molecule has 4 saturated carbocycles. The van der Waals surface area contributed by atoms with Gasteiger partial charge in [-0.3, -0.25) is 9.59 Å². The third-order valence-corrected chi connectivity index (χ3v) is 13.8. The number of rotatable bonds is 5. The van der Waals surface area contributed by atoms with Gasteiger partial charge in [-0.05, 0) is 130 Å². The zero-order valence-corrected chi connectivity index (χ0v) is 26.5. The van der Waals surface area contributed by atoms with Crippen LogP contribution in [0.25, 0.3) is 0 Å². The monoisotopic (exact) mass is 551 g/mol. The summed E-state index contributed by atoms with van der Waals surface area (Å²) in [4.78, 5) is 26.8. The van der Waals surface area contributed by atoms with Crippen LogP contribution in [0.4, 0.5) is 0 Å². The SMILES string of the molecule is CCCC(=O)N(C)CCC1C[C@@H](C)C[C@H]2O[C@]3(CC[C@@H]4C(=C(C)C3)C[C@H]3[C@H]4CC[C@@H]4CC(=O)CC[C@@]43C)[C@H](C)[C@H]12. The molecule has 0 aromatic carbocycles. The smallest absolute Gasteiger partial charge is 0.222 e. The Morgan fingerprint density at radius 2 is 1.90 bits per heavy atom. The molecule has 0 bridgehead atoms. The molecular formula is C36H57NO3. The van der Waals surface area contributed by atoms with Gasteiger partial charge in [-0.15, -0.1) is 0 Å². The number of nitrogens with zero attached hydrogens (tertiary/aromatic N) is 1. The molecule has 11 atom stereocenters. The van der Waals surface area contributed by atoms with E-state index in [1.807, 2.05) is 11.9 Å². The van der Waals surface area contributed by atoms with Gasteiger partial charge in [0.15, 0.2) is 0 Å². The van der Waals surface area contributed by atoms with Crippen LogP contribution in [0.15, 0.2) is 11.1 Å². The molecule has 0 aromatic heterocycles. The molecule has 0 radical (unpaired) electrons. The van der Waals surface area contributed by atoms with Gasteiger partial charge in [-0.2, -0.15) is 0 Å². The first-order chi connectivity index (χ1) is 19.1. The molecular weight excluding hydrogens is 494 g/mol. The van der Waals surface area contributed by atoms with Crippen molar-refractivity contribution in [3.8, 4) is 0 Å². The van der Waals surface area contributed by atoms with E-state index in [1.54, 1.807) is 11.1 Å². The predicted molar refractivity (Wildman–Crippen MR) is 161 cm³/mol. The number of carbonyl (C=O) groups excluding carboxylic acids is 2. The second-order valence-corrected chi connectivity index (χ2v) is 15.9. The van der Waals surface area contributed by atoms with Crippen molar-refractivity contribution in [2.24, 2.45) is 52.8 Å². The first-order valence-electron chi connectivity index (χ1n) is 17.2. The summed E-state index contributed by atoms with van der Waals surface area (Å²) in [5.74, 6) is 6.35. The lowest BCUT2D eigenvalue weighted by molar-refractivity contribution is -0.130.